The monoisotopic (exact) mass is 318 g/mol. The van der Waals surface area contributed by atoms with Gasteiger partial charge in [-0.2, -0.15) is 8.75 Å². The predicted octanol–water partition coefficient (Wildman–Crippen LogP) is 3.49. The van der Waals surface area contributed by atoms with Gasteiger partial charge in [0.2, 0.25) is 0 Å². The zero-order valence-electron chi connectivity index (χ0n) is 11.1. The lowest BCUT2D eigenvalue weighted by atomic mass is 10.1. The minimum Gasteiger partial charge on any atom is -0.398 e. The van der Waals surface area contributed by atoms with Crippen LogP contribution in [0.1, 0.15) is 15.9 Å². The lowest BCUT2D eigenvalue weighted by molar-refractivity contribution is 0.102. The summed E-state index contributed by atoms with van der Waals surface area (Å²) in [6.07, 6.45) is 0. The molecule has 7 heteroatoms. The third kappa shape index (κ3) is 2.43. The van der Waals surface area contributed by atoms with Gasteiger partial charge in [0.1, 0.15) is 11.0 Å². The van der Waals surface area contributed by atoms with E-state index in [0.717, 1.165) is 17.3 Å². The molecule has 3 aromatic rings. The molecule has 5 nitrogen and oxygen atoms in total. The van der Waals surface area contributed by atoms with E-state index in [4.69, 9.17) is 17.3 Å². The number of nitrogen functional groups attached to an aromatic ring is 1. The minimum absolute atomic E-state index is 0.312. The number of nitrogens with two attached hydrogens (primary N) is 1. The van der Waals surface area contributed by atoms with Crippen molar-refractivity contribution in [1.29, 1.82) is 0 Å². The molecule has 0 saturated carbocycles. The van der Waals surface area contributed by atoms with Crippen LogP contribution in [0.4, 0.5) is 11.4 Å². The fourth-order valence-electron chi connectivity index (χ4n) is 2.12. The summed E-state index contributed by atoms with van der Waals surface area (Å²) in [5, 5.41) is 3.20. The Hall–Kier alpha value is -2.18. The van der Waals surface area contributed by atoms with Crippen LogP contribution in [0.2, 0.25) is 5.02 Å². The van der Waals surface area contributed by atoms with Crippen LogP contribution >= 0.6 is 23.3 Å². The number of aromatic nitrogens is 2. The largest absolute Gasteiger partial charge is 0.398 e. The molecule has 0 aliphatic rings. The fourth-order valence-corrected chi connectivity index (χ4v) is 2.86. The van der Waals surface area contributed by atoms with Gasteiger partial charge in [0, 0.05) is 5.69 Å². The maximum atomic E-state index is 12.5. The highest BCUT2D eigenvalue weighted by molar-refractivity contribution is 7.00. The van der Waals surface area contributed by atoms with Crippen molar-refractivity contribution in [2.24, 2.45) is 0 Å². The van der Waals surface area contributed by atoms with Gasteiger partial charge in [-0.25, -0.2) is 0 Å². The second-order valence-electron chi connectivity index (χ2n) is 4.55. The summed E-state index contributed by atoms with van der Waals surface area (Å²) >= 11 is 7.23. The van der Waals surface area contributed by atoms with Crippen LogP contribution in [0.3, 0.4) is 0 Å². The Morgan fingerprint density at radius 1 is 1.29 bits per heavy atom. The first-order valence-electron chi connectivity index (χ1n) is 6.15. The van der Waals surface area contributed by atoms with Crippen LogP contribution in [0.15, 0.2) is 30.3 Å². The van der Waals surface area contributed by atoms with Crippen LogP contribution in [-0.4, -0.2) is 14.7 Å². The number of halogens is 1. The number of rotatable bonds is 2. The molecule has 21 heavy (non-hydrogen) atoms. The molecule has 0 bridgehead atoms. The van der Waals surface area contributed by atoms with E-state index < -0.39 is 0 Å². The highest BCUT2D eigenvalue weighted by Gasteiger charge is 2.17. The van der Waals surface area contributed by atoms with E-state index >= 15 is 0 Å². The molecule has 1 heterocycles. The van der Waals surface area contributed by atoms with Gasteiger partial charge in [-0.1, -0.05) is 23.7 Å². The molecular weight excluding hydrogens is 308 g/mol. The van der Waals surface area contributed by atoms with Crippen molar-refractivity contribution in [1.82, 2.24) is 8.75 Å². The van der Waals surface area contributed by atoms with E-state index in [9.17, 15) is 4.79 Å². The molecule has 0 atom stereocenters. The summed E-state index contributed by atoms with van der Waals surface area (Å²) in [6, 6.07) is 8.77. The Morgan fingerprint density at radius 2 is 2.10 bits per heavy atom. The molecule has 0 unspecified atom stereocenters. The number of nitrogens with zero attached hydrogens (tertiary/aromatic N) is 2. The first kappa shape index (κ1) is 13.8. The Morgan fingerprint density at radius 3 is 2.86 bits per heavy atom. The van der Waals surface area contributed by atoms with Crippen molar-refractivity contribution >= 4 is 51.6 Å². The predicted molar refractivity (Wildman–Crippen MR) is 86.0 cm³/mol. The molecule has 3 N–H and O–H groups in total. The molecule has 1 aromatic heterocycles. The Balaban J connectivity index is 2.04. The molecule has 3 rings (SSSR count). The minimum atomic E-state index is -0.312. The summed E-state index contributed by atoms with van der Waals surface area (Å²) in [5.41, 5.74) is 9.27. The molecule has 0 aliphatic heterocycles. The molecule has 0 aliphatic carbocycles. The smallest absolute Gasteiger partial charge is 0.258 e. The van der Waals surface area contributed by atoms with Gasteiger partial charge in [-0.05, 0) is 30.7 Å². The van der Waals surface area contributed by atoms with Crippen molar-refractivity contribution in [3.05, 3.63) is 46.5 Å². The summed E-state index contributed by atoms with van der Waals surface area (Å²) in [7, 11) is 0. The zero-order chi connectivity index (χ0) is 15.0. The van der Waals surface area contributed by atoms with Crippen molar-refractivity contribution in [3.63, 3.8) is 0 Å². The molecule has 0 spiro atoms. The van der Waals surface area contributed by atoms with E-state index in [1.165, 1.54) is 0 Å². The van der Waals surface area contributed by atoms with E-state index in [0.29, 0.717) is 33.0 Å². The van der Waals surface area contributed by atoms with Crippen molar-refractivity contribution in [2.45, 2.75) is 6.92 Å². The van der Waals surface area contributed by atoms with Crippen LogP contribution in [0, 0.1) is 6.92 Å². The number of carbonyl (C=O) groups is 1. The van der Waals surface area contributed by atoms with Crippen molar-refractivity contribution < 1.29 is 4.79 Å². The number of hydrogen-bond acceptors (Lipinski definition) is 5. The zero-order valence-corrected chi connectivity index (χ0v) is 12.6. The van der Waals surface area contributed by atoms with Gasteiger partial charge in [0.05, 0.1) is 28.0 Å². The number of aryl methyl sites for hydroxylation is 1. The number of nitrogens with one attached hydrogen (secondary N) is 1. The number of hydrogen-bond donors (Lipinski definition) is 2. The van der Waals surface area contributed by atoms with Gasteiger partial charge in [0.15, 0.2) is 0 Å². The lowest BCUT2D eigenvalue weighted by Gasteiger charge is -2.11. The molecule has 0 radical (unpaired) electrons. The van der Waals surface area contributed by atoms with E-state index in [-0.39, 0.29) is 5.91 Å². The second-order valence-corrected chi connectivity index (χ2v) is 5.48. The first-order chi connectivity index (χ1) is 10.1. The van der Waals surface area contributed by atoms with Crippen LogP contribution < -0.4 is 11.1 Å². The standard InChI is InChI=1S/C14H11ClN4OS/c1-7-3-2-4-9(16)11(7)14(20)17-12-8(15)5-6-10-13(12)19-21-18-10/h2-6H,16H2,1H3,(H,17,20). The quantitative estimate of drug-likeness (QED) is 0.709. The summed E-state index contributed by atoms with van der Waals surface area (Å²) in [5.74, 6) is -0.312. The van der Waals surface area contributed by atoms with E-state index in [1.54, 1.807) is 24.3 Å². The normalized spacial score (nSPS) is 10.8. The van der Waals surface area contributed by atoms with Gasteiger partial charge in [0.25, 0.3) is 5.91 Å². The third-order valence-electron chi connectivity index (χ3n) is 3.15. The van der Waals surface area contributed by atoms with Crippen molar-refractivity contribution in [3.8, 4) is 0 Å². The van der Waals surface area contributed by atoms with Crippen molar-refractivity contribution in [2.75, 3.05) is 11.1 Å². The van der Waals surface area contributed by atoms with Crippen LogP contribution in [-0.2, 0) is 0 Å². The average molecular weight is 319 g/mol. The van der Waals surface area contributed by atoms with Crippen LogP contribution in [0.5, 0.6) is 0 Å². The van der Waals surface area contributed by atoms with Gasteiger partial charge in [-0.15, -0.1) is 0 Å². The molecule has 1 amide bonds. The SMILES string of the molecule is Cc1cccc(N)c1C(=O)Nc1c(Cl)ccc2nsnc12. The van der Waals surface area contributed by atoms with Gasteiger partial charge < -0.3 is 11.1 Å². The number of benzene rings is 2. The fraction of sp³-hybridized carbons (Fsp3) is 0.0714. The molecule has 0 saturated heterocycles. The number of amides is 1. The molecule has 106 valence electrons. The lowest BCUT2D eigenvalue weighted by Crippen LogP contribution is -2.16. The maximum Gasteiger partial charge on any atom is 0.258 e. The third-order valence-corrected chi connectivity index (χ3v) is 4.01. The van der Waals surface area contributed by atoms with Gasteiger partial charge in [-0.3, -0.25) is 4.79 Å². The first-order valence-corrected chi connectivity index (χ1v) is 7.26. The molecular formula is C14H11ClN4OS. The van der Waals surface area contributed by atoms with Gasteiger partial charge >= 0.3 is 0 Å². The summed E-state index contributed by atoms with van der Waals surface area (Å²) in [4.78, 5) is 12.5. The Labute approximate surface area is 130 Å². The topological polar surface area (TPSA) is 80.9 Å². The molecule has 2 aromatic carbocycles. The average Bonchev–Trinajstić information content (AvgIpc) is 2.90. The highest BCUT2D eigenvalue weighted by Crippen LogP contribution is 2.31. The maximum absolute atomic E-state index is 12.5. The second kappa shape index (κ2) is 5.31. The van der Waals surface area contributed by atoms with E-state index in [1.807, 2.05) is 13.0 Å². The summed E-state index contributed by atoms with van der Waals surface area (Å²) < 4.78 is 8.30. The summed E-state index contributed by atoms with van der Waals surface area (Å²) in [6.45, 7) is 1.83. The number of carbonyl (C=O) groups excluding carboxylic acids is 1. The Bertz CT molecular complexity index is 826. The van der Waals surface area contributed by atoms with Crippen LogP contribution in [0.25, 0.3) is 11.0 Å². The van der Waals surface area contributed by atoms with E-state index in [2.05, 4.69) is 14.1 Å². The highest BCUT2D eigenvalue weighted by atomic mass is 35.5. The Kier molecular flexibility index (Phi) is 3.48. The molecule has 0 fully saturated rings. The number of fused-ring (bicyclic) bond motifs is 1. The number of anilines is 2.